The van der Waals surface area contributed by atoms with E-state index in [2.05, 4.69) is 31.3 Å². The first-order chi connectivity index (χ1) is 10.9. The summed E-state index contributed by atoms with van der Waals surface area (Å²) in [5, 5.41) is 2.76. The van der Waals surface area contributed by atoms with E-state index in [0.717, 1.165) is 12.8 Å². The first-order valence-corrected chi connectivity index (χ1v) is 9.99. The van der Waals surface area contributed by atoms with Gasteiger partial charge in [0.05, 0.1) is 11.8 Å². The summed E-state index contributed by atoms with van der Waals surface area (Å²) >= 11 is 0. The number of carbonyl (C=O) groups is 1. The Morgan fingerprint density at radius 1 is 1.35 bits per heavy atom. The van der Waals surface area contributed by atoms with Crippen molar-refractivity contribution in [1.29, 1.82) is 0 Å². The zero-order valence-corrected chi connectivity index (χ0v) is 14.9. The molecule has 1 aromatic rings. The van der Waals surface area contributed by atoms with Crippen LogP contribution in [0.3, 0.4) is 0 Å². The molecule has 0 radical (unpaired) electrons. The fraction of sp³-hybridized carbons (Fsp3) is 0.588. The number of likely N-dealkylation sites (tertiary alicyclic amines) is 1. The molecule has 1 fully saturated rings. The minimum Gasteiger partial charge on any atom is -0.337 e. The summed E-state index contributed by atoms with van der Waals surface area (Å²) in [4.78, 5) is 14.3. The Balaban J connectivity index is 2.04. The van der Waals surface area contributed by atoms with E-state index in [0.29, 0.717) is 6.54 Å². The highest BCUT2D eigenvalue weighted by atomic mass is 32.2. The molecule has 1 heterocycles. The van der Waals surface area contributed by atoms with E-state index in [1.165, 1.54) is 16.7 Å². The highest BCUT2D eigenvalue weighted by Crippen LogP contribution is 2.34. The lowest BCUT2D eigenvalue weighted by atomic mass is 9.96. The first-order valence-electron chi connectivity index (χ1n) is 8.16. The standard InChI is InChI=1S/C17H26N2O3S/c1-4-23(21,22)12-10-18-17(20)19-11-6-9-16(19)15-8-5-7-13(2)14(15)3/h5,7-8,16H,4,6,9-12H2,1-3H3,(H,18,20). The zero-order valence-electron chi connectivity index (χ0n) is 14.1. The van der Waals surface area contributed by atoms with Gasteiger partial charge in [-0.05, 0) is 43.4 Å². The molecular formula is C17H26N2O3S. The lowest BCUT2D eigenvalue weighted by molar-refractivity contribution is 0.193. The molecule has 23 heavy (non-hydrogen) atoms. The fourth-order valence-corrected chi connectivity index (χ4v) is 3.73. The van der Waals surface area contributed by atoms with Crippen LogP contribution in [0.25, 0.3) is 0 Å². The summed E-state index contributed by atoms with van der Waals surface area (Å²) in [6.45, 7) is 6.67. The Bertz CT molecular complexity index is 670. The second kappa shape index (κ2) is 7.34. The maximum atomic E-state index is 12.4. The molecule has 2 amide bonds. The van der Waals surface area contributed by atoms with E-state index in [4.69, 9.17) is 0 Å². The van der Waals surface area contributed by atoms with Crippen LogP contribution in [-0.4, -0.2) is 43.9 Å². The van der Waals surface area contributed by atoms with Crippen molar-refractivity contribution >= 4 is 15.9 Å². The molecule has 1 N–H and O–H groups in total. The lowest BCUT2D eigenvalue weighted by Gasteiger charge is -2.27. The quantitative estimate of drug-likeness (QED) is 0.897. The molecule has 5 nitrogen and oxygen atoms in total. The highest BCUT2D eigenvalue weighted by molar-refractivity contribution is 7.91. The Morgan fingerprint density at radius 3 is 2.78 bits per heavy atom. The molecule has 1 aliphatic rings. The molecule has 2 rings (SSSR count). The van der Waals surface area contributed by atoms with E-state index in [-0.39, 0.29) is 30.1 Å². The summed E-state index contributed by atoms with van der Waals surface area (Å²) in [6, 6.07) is 6.10. The molecule has 6 heteroatoms. The van der Waals surface area contributed by atoms with E-state index in [9.17, 15) is 13.2 Å². The number of amides is 2. The summed E-state index contributed by atoms with van der Waals surface area (Å²) in [5.41, 5.74) is 3.65. The third-order valence-corrected chi connectivity index (χ3v) is 6.35. The second-order valence-corrected chi connectivity index (χ2v) is 8.58. The van der Waals surface area contributed by atoms with Crippen LogP contribution in [0.5, 0.6) is 0 Å². The third-order valence-electron chi connectivity index (χ3n) is 4.65. The van der Waals surface area contributed by atoms with Gasteiger partial charge in [-0.25, -0.2) is 13.2 Å². The lowest BCUT2D eigenvalue weighted by Crippen LogP contribution is -2.41. The normalized spacial score (nSPS) is 18.2. The minimum absolute atomic E-state index is 0.00276. The van der Waals surface area contributed by atoms with Crippen LogP contribution in [0.2, 0.25) is 0 Å². The number of hydrogen-bond donors (Lipinski definition) is 1. The van der Waals surface area contributed by atoms with Crippen molar-refractivity contribution in [2.24, 2.45) is 0 Å². The summed E-state index contributed by atoms with van der Waals surface area (Å²) < 4.78 is 23.0. The van der Waals surface area contributed by atoms with Crippen LogP contribution in [0.1, 0.15) is 42.5 Å². The summed E-state index contributed by atoms with van der Waals surface area (Å²) in [5.74, 6) is 0.106. The molecule has 0 bridgehead atoms. The minimum atomic E-state index is -3.05. The summed E-state index contributed by atoms with van der Waals surface area (Å²) in [6.07, 6.45) is 1.92. The van der Waals surface area contributed by atoms with E-state index in [1.54, 1.807) is 6.92 Å². The number of urea groups is 1. The maximum Gasteiger partial charge on any atom is 0.317 e. The molecule has 128 valence electrons. The van der Waals surface area contributed by atoms with Gasteiger partial charge in [-0.1, -0.05) is 25.1 Å². The molecule has 1 aliphatic heterocycles. The monoisotopic (exact) mass is 338 g/mol. The van der Waals surface area contributed by atoms with Crippen molar-refractivity contribution in [2.75, 3.05) is 24.6 Å². The SMILES string of the molecule is CCS(=O)(=O)CCNC(=O)N1CCCC1c1cccc(C)c1C. The molecule has 1 atom stereocenters. The number of nitrogens with zero attached hydrogens (tertiary/aromatic N) is 1. The van der Waals surface area contributed by atoms with Crippen molar-refractivity contribution in [3.05, 3.63) is 34.9 Å². The maximum absolute atomic E-state index is 12.4. The van der Waals surface area contributed by atoms with Gasteiger partial charge in [0.1, 0.15) is 0 Å². The van der Waals surface area contributed by atoms with Crippen molar-refractivity contribution in [3.63, 3.8) is 0 Å². The number of nitrogens with one attached hydrogen (secondary N) is 1. The van der Waals surface area contributed by atoms with Crippen molar-refractivity contribution in [3.8, 4) is 0 Å². The number of benzene rings is 1. The highest BCUT2D eigenvalue weighted by Gasteiger charge is 2.30. The van der Waals surface area contributed by atoms with Crippen LogP contribution in [0.15, 0.2) is 18.2 Å². The largest absolute Gasteiger partial charge is 0.337 e. The van der Waals surface area contributed by atoms with Gasteiger partial charge in [0.25, 0.3) is 0 Å². The van der Waals surface area contributed by atoms with Gasteiger partial charge in [0.15, 0.2) is 9.84 Å². The molecule has 0 saturated carbocycles. The van der Waals surface area contributed by atoms with Gasteiger partial charge >= 0.3 is 6.03 Å². The van der Waals surface area contributed by atoms with Gasteiger partial charge in [-0.3, -0.25) is 0 Å². The Labute approximate surface area is 139 Å². The van der Waals surface area contributed by atoms with Crippen LogP contribution in [-0.2, 0) is 9.84 Å². The van der Waals surface area contributed by atoms with E-state index >= 15 is 0 Å². The van der Waals surface area contributed by atoms with Crippen molar-refractivity contribution in [1.82, 2.24) is 10.2 Å². The number of carbonyl (C=O) groups excluding carboxylic acids is 1. The Morgan fingerprint density at radius 2 is 2.09 bits per heavy atom. The topological polar surface area (TPSA) is 66.5 Å². The number of hydrogen-bond acceptors (Lipinski definition) is 3. The fourth-order valence-electron chi connectivity index (χ4n) is 3.03. The summed E-state index contributed by atoms with van der Waals surface area (Å²) in [7, 11) is -3.05. The average Bonchev–Trinajstić information content (AvgIpc) is 2.99. The molecule has 1 unspecified atom stereocenters. The Kier molecular flexibility index (Phi) is 5.68. The molecule has 0 aliphatic carbocycles. The number of rotatable bonds is 5. The molecule has 0 spiro atoms. The van der Waals surface area contributed by atoms with Gasteiger partial charge in [-0.15, -0.1) is 0 Å². The number of aryl methyl sites for hydroxylation is 1. The van der Waals surface area contributed by atoms with E-state index < -0.39 is 9.84 Å². The zero-order chi connectivity index (χ0) is 17.0. The average molecular weight is 338 g/mol. The predicted octanol–water partition coefficient (Wildman–Crippen LogP) is 2.58. The van der Waals surface area contributed by atoms with Crippen LogP contribution in [0.4, 0.5) is 4.79 Å². The third kappa shape index (κ3) is 4.25. The number of sulfone groups is 1. The molecular weight excluding hydrogens is 312 g/mol. The van der Waals surface area contributed by atoms with Gasteiger partial charge in [0, 0.05) is 18.8 Å². The molecule has 1 aromatic carbocycles. The Hall–Kier alpha value is -1.56. The van der Waals surface area contributed by atoms with Gasteiger partial charge < -0.3 is 10.2 Å². The van der Waals surface area contributed by atoms with Gasteiger partial charge in [-0.2, -0.15) is 0 Å². The van der Waals surface area contributed by atoms with Crippen LogP contribution < -0.4 is 5.32 Å². The smallest absolute Gasteiger partial charge is 0.317 e. The molecule has 0 aromatic heterocycles. The van der Waals surface area contributed by atoms with Crippen LogP contribution in [0, 0.1) is 13.8 Å². The van der Waals surface area contributed by atoms with E-state index in [1.807, 2.05) is 11.0 Å². The van der Waals surface area contributed by atoms with Gasteiger partial charge in [0.2, 0.25) is 0 Å². The first kappa shape index (κ1) is 17.8. The van der Waals surface area contributed by atoms with Crippen molar-refractivity contribution < 1.29 is 13.2 Å². The second-order valence-electron chi connectivity index (χ2n) is 6.11. The molecule has 1 saturated heterocycles. The van der Waals surface area contributed by atoms with Crippen LogP contribution >= 0.6 is 0 Å². The predicted molar refractivity (Wildman–Crippen MR) is 92.3 cm³/mol. The van der Waals surface area contributed by atoms with Crippen molar-refractivity contribution in [2.45, 2.75) is 39.7 Å².